The largest absolute Gasteiger partial charge is 0.469 e. The van der Waals surface area contributed by atoms with Crippen molar-refractivity contribution in [3.05, 3.63) is 5.82 Å². The molecule has 82 valence electrons. The fourth-order valence-corrected chi connectivity index (χ4v) is 1.54. The van der Waals surface area contributed by atoms with Gasteiger partial charge in [0, 0.05) is 12.6 Å². The van der Waals surface area contributed by atoms with Gasteiger partial charge < -0.3 is 10.1 Å². The van der Waals surface area contributed by atoms with Crippen molar-refractivity contribution in [1.82, 2.24) is 14.8 Å². The monoisotopic (exact) mass is 210 g/mol. The second-order valence-corrected chi connectivity index (χ2v) is 3.66. The number of ether oxygens (including phenoxy) is 1. The maximum Gasteiger partial charge on any atom is 0.313 e. The van der Waals surface area contributed by atoms with E-state index in [1.54, 1.807) is 4.68 Å². The van der Waals surface area contributed by atoms with E-state index in [-0.39, 0.29) is 12.4 Å². The molecule has 0 saturated carbocycles. The SMILES string of the molecule is COC(=O)Cc1nc2n(n1)CCC(C)N2. The summed E-state index contributed by atoms with van der Waals surface area (Å²) in [7, 11) is 1.36. The molecule has 6 nitrogen and oxygen atoms in total. The first-order valence-electron chi connectivity index (χ1n) is 4.96. The van der Waals surface area contributed by atoms with Crippen LogP contribution in [0.15, 0.2) is 0 Å². The van der Waals surface area contributed by atoms with Crippen LogP contribution in [-0.2, 0) is 22.5 Å². The minimum absolute atomic E-state index is 0.132. The summed E-state index contributed by atoms with van der Waals surface area (Å²) in [6.07, 6.45) is 1.15. The van der Waals surface area contributed by atoms with Gasteiger partial charge in [0.05, 0.1) is 7.11 Å². The van der Waals surface area contributed by atoms with E-state index in [4.69, 9.17) is 0 Å². The van der Waals surface area contributed by atoms with Gasteiger partial charge in [0.2, 0.25) is 5.95 Å². The minimum atomic E-state index is -0.314. The Balaban J connectivity index is 2.12. The van der Waals surface area contributed by atoms with Gasteiger partial charge in [-0.05, 0) is 13.3 Å². The number of nitrogens with zero attached hydrogens (tertiary/aromatic N) is 3. The number of rotatable bonds is 2. The zero-order valence-electron chi connectivity index (χ0n) is 8.86. The molecule has 0 aromatic carbocycles. The lowest BCUT2D eigenvalue weighted by atomic mass is 10.2. The minimum Gasteiger partial charge on any atom is -0.469 e. The van der Waals surface area contributed by atoms with Crippen LogP contribution in [0.4, 0.5) is 5.95 Å². The van der Waals surface area contributed by atoms with Gasteiger partial charge in [0.25, 0.3) is 0 Å². The lowest BCUT2D eigenvalue weighted by Gasteiger charge is -2.20. The van der Waals surface area contributed by atoms with Crippen LogP contribution in [-0.4, -0.2) is 33.9 Å². The Morgan fingerprint density at radius 2 is 2.53 bits per heavy atom. The number of anilines is 1. The Morgan fingerprint density at radius 1 is 1.73 bits per heavy atom. The van der Waals surface area contributed by atoms with Crippen molar-refractivity contribution in [3.8, 4) is 0 Å². The quantitative estimate of drug-likeness (QED) is 0.706. The number of methoxy groups -OCH3 is 1. The highest BCUT2D eigenvalue weighted by atomic mass is 16.5. The number of fused-ring (bicyclic) bond motifs is 1. The number of carbonyl (C=O) groups excluding carboxylic acids is 1. The lowest BCUT2D eigenvalue weighted by Crippen LogP contribution is -2.26. The molecule has 0 amide bonds. The average molecular weight is 210 g/mol. The van der Waals surface area contributed by atoms with Crippen molar-refractivity contribution >= 4 is 11.9 Å². The van der Waals surface area contributed by atoms with Crippen molar-refractivity contribution in [1.29, 1.82) is 0 Å². The predicted molar refractivity (Wildman–Crippen MR) is 53.4 cm³/mol. The van der Waals surface area contributed by atoms with Gasteiger partial charge >= 0.3 is 5.97 Å². The number of aromatic nitrogens is 3. The normalized spacial score (nSPS) is 19.2. The van der Waals surface area contributed by atoms with Crippen LogP contribution in [0.2, 0.25) is 0 Å². The van der Waals surface area contributed by atoms with E-state index in [2.05, 4.69) is 27.1 Å². The molecular formula is C9H14N4O2. The summed E-state index contributed by atoms with van der Waals surface area (Å²) in [4.78, 5) is 15.3. The standard InChI is InChI=1S/C9H14N4O2/c1-6-3-4-13-9(10-6)11-7(12-13)5-8(14)15-2/h6H,3-5H2,1-2H3,(H,10,11,12). The van der Waals surface area contributed by atoms with Gasteiger partial charge in [-0.25, -0.2) is 4.68 Å². The van der Waals surface area contributed by atoms with E-state index in [0.29, 0.717) is 11.9 Å². The zero-order valence-corrected chi connectivity index (χ0v) is 8.86. The van der Waals surface area contributed by atoms with Crippen LogP contribution >= 0.6 is 0 Å². The Kier molecular flexibility index (Phi) is 2.57. The fourth-order valence-electron chi connectivity index (χ4n) is 1.54. The van der Waals surface area contributed by atoms with Crippen molar-refractivity contribution < 1.29 is 9.53 Å². The molecule has 0 radical (unpaired) electrons. The van der Waals surface area contributed by atoms with E-state index < -0.39 is 0 Å². The van der Waals surface area contributed by atoms with Crippen LogP contribution in [0.3, 0.4) is 0 Å². The number of hydrogen-bond acceptors (Lipinski definition) is 5. The molecule has 0 saturated heterocycles. The summed E-state index contributed by atoms with van der Waals surface area (Å²) in [5.74, 6) is 0.942. The van der Waals surface area contributed by atoms with Crippen LogP contribution in [0.1, 0.15) is 19.2 Å². The van der Waals surface area contributed by atoms with Crippen LogP contribution in [0.5, 0.6) is 0 Å². The molecule has 6 heteroatoms. The molecule has 1 aliphatic rings. The van der Waals surface area contributed by atoms with E-state index in [1.165, 1.54) is 7.11 Å². The molecule has 2 heterocycles. The number of aryl methyl sites for hydroxylation is 1. The van der Waals surface area contributed by atoms with Gasteiger partial charge in [0.1, 0.15) is 6.42 Å². The number of hydrogen-bond donors (Lipinski definition) is 1. The number of carbonyl (C=O) groups is 1. The van der Waals surface area contributed by atoms with Crippen LogP contribution < -0.4 is 5.32 Å². The zero-order chi connectivity index (χ0) is 10.8. The van der Waals surface area contributed by atoms with Gasteiger partial charge in [0.15, 0.2) is 5.82 Å². The summed E-state index contributed by atoms with van der Waals surface area (Å²) < 4.78 is 6.35. The van der Waals surface area contributed by atoms with Gasteiger partial charge in [-0.15, -0.1) is 0 Å². The van der Waals surface area contributed by atoms with Crippen LogP contribution in [0, 0.1) is 0 Å². The molecule has 15 heavy (non-hydrogen) atoms. The molecule has 0 fully saturated rings. The highest BCUT2D eigenvalue weighted by molar-refractivity contribution is 5.71. The van der Waals surface area contributed by atoms with Crippen molar-refractivity contribution in [2.75, 3.05) is 12.4 Å². The molecule has 1 unspecified atom stereocenters. The highest BCUT2D eigenvalue weighted by Gasteiger charge is 2.18. The number of esters is 1. The first kappa shape index (κ1) is 9.95. The number of nitrogens with one attached hydrogen (secondary N) is 1. The van der Waals surface area contributed by atoms with Crippen molar-refractivity contribution in [2.24, 2.45) is 0 Å². The molecule has 2 rings (SSSR count). The Morgan fingerprint density at radius 3 is 3.27 bits per heavy atom. The maximum absolute atomic E-state index is 11.0. The lowest BCUT2D eigenvalue weighted by molar-refractivity contribution is -0.139. The summed E-state index contributed by atoms with van der Waals surface area (Å²) in [6.45, 7) is 2.94. The molecule has 1 aromatic heterocycles. The molecule has 0 spiro atoms. The van der Waals surface area contributed by atoms with Gasteiger partial charge in [-0.1, -0.05) is 0 Å². The first-order chi connectivity index (χ1) is 7.19. The first-order valence-corrected chi connectivity index (χ1v) is 4.96. The van der Waals surface area contributed by atoms with E-state index in [9.17, 15) is 4.79 Å². The molecular weight excluding hydrogens is 196 g/mol. The Bertz CT molecular complexity index is 374. The van der Waals surface area contributed by atoms with Crippen molar-refractivity contribution in [3.63, 3.8) is 0 Å². The van der Waals surface area contributed by atoms with Crippen LogP contribution in [0.25, 0.3) is 0 Å². The summed E-state index contributed by atoms with van der Waals surface area (Å²) in [5.41, 5.74) is 0. The Hall–Kier alpha value is -1.59. The molecule has 1 atom stereocenters. The third-order valence-electron chi connectivity index (χ3n) is 2.40. The second kappa shape index (κ2) is 3.88. The average Bonchev–Trinajstić information content (AvgIpc) is 2.59. The summed E-state index contributed by atoms with van der Waals surface area (Å²) in [5, 5.41) is 7.42. The third kappa shape index (κ3) is 2.08. The molecule has 1 N–H and O–H groups in total. The van der Waals surface area contributed by atoms with E-state index in [0.717, 1.165) is 18.9 Å². The van der Waals surface area contributed by atoms with E-state index >= 15 is 0 Å². The molecule has 0 aliphatic carbocycles. The van der Waals surface area contributed by atoms with Crippen molar-refractivity contribution in [2.45, 2.75) is 32.4 Å². The summed E-state index contributed by atoms with van der Waals surface area (Å²) >= 11 is 0. The Labute approximate surface area is 87.6 Å². The highest BCUT2D eigenvalue weighted by Crippen LogP contribution is 2.15. The summed E-state index contributed by atoms with van der Waals surface area (Å²) in [6, 6.07) is 0.410. The molecule has 1 aliphatic heterocycles. The fraction of sp³-hybridized carbons (Fsp3) is 0.667. The third-order valence-corrected chi connectivity index (χ3v) is 2.40. The second-order valence-electron chi connectivity index (χ2n) is 3.66. The predicted octanol–water partition coefficient (Wildman–Crippen LogP) is 0.198. The smallest absolute Gasteiger partial charge is 0.313 e. The molecule has 1 aromatic rings. The van der Waals surface area contributed by atoms with Gasteiger partial charge in [-0.3, -0.25) is 4.79 Å². The topological polar surface area (TPSA) is 69.0 Å². The van der Waals surface area contributed by atoms with Gasteiger partial charge in [-0.2, -0.15) is 10.1 Å². The maximum atomic E-state index is 11.0. The molecule has 0 bridgehead atoms. The van der Waals surface area contributed by atoms with E-state index in [1.807, 2.05) is 0 Å².